The van der Waals surface area contributed by atoms with Crippen molar-refractivity contribution in [3.05, 3.63) is 47.2 Å². The van der Waals surface area contributed by atoms with Crippen LogP contribution in [-0.2, 0) is 4.74 Å². The number of hydrogen-bond acceptors (Lipinski definition) is 3. The van der Waals surface area contributed by atoms with Crippen LogP contribution in [0.15, 0.2) is 36.7 Å². The van der Waals surface area contributed by atoms with Gasteiger partial charge in [0.2, 0.25) is 0 Å². The largest absolute Gasteiger partial charge is 0.377 e. The Morgan fingerprint density at radius 3 is 2.95 bits per heavy atom. The average molecular weight is 320 g/mol. The summed E-state index contributed by atoms with van der Waals surface area (Å²) in [7, 11) is 0. The number of carbonyl (C=O) groups excluding carboxylic acids is 1. The molecule has 0 radical (unpaired) electrons. The van der Waals surface area contributed by atoms with Gasteiger partial charge in [0, 0.05) is 17.8 Å². The molecule has 0 bridgehead atoms. The van der Waals surface area contributed by atoms with E-state index in [0.29, 0.717) is 30.3 Å². The number of nitrogens with zero attached hydrogens (tertiary/aromatic N) is 3. The molecule has 0 N–H and O–H groups in total. The van der Waals surface area contributed by atoms with Crippen LogP contribution in [0.1, 0.15) is 24.2 Å². The van der Waals surface area contributed by atoms with E-state index in [1.165, 1.54) is 0 Å². The molecule has 0 atom stereocenters. The third kappa shape index (κ3) is 2.87. The van der Waals surface area contributed by atoms with E-state index < -0.39 is 0 Å². The molecule has 0 unspecified atom stereocenters. The van der Waals surface area contributed by atoms with Crippen LogP contribution < -0.4 is 0 Å². The maximum Gasteiger partial charge on any atom is 0.257 e. The molecular formula is C16H18ClN3O2. The van der Waals surface area contributed by atoms with E-state index in [0.717, 1.165) is 5.69 Å². The van der Waals surface area contributed by atoms with Gasteiger partial charge in [-0.2, -0.15) is 5.10 Å². The van der Waals surface area contributed by atoms with Crippen molar-refractivity contribution >= 4 is 17.5 Å². The highest BCUT2D eigenvalue weighted by atomic mass is 35.5. The van der Waals surface area contributed by atoms with Crippen molar-refractivity contribution in [2.75, 3.05) is 19.8 Å². The van der Waals surface area contributed by atoms with Crippen molar-refractivity contribution in [2.45, 2.75) is 19.4 Å². The van der Waals surface area contributed by atoms with Gasteiger partial charge in [0.05, 0.1) is 36.2 Å². The van der Waals surface area contributed by atoms with Crippen LogP contribution in [0.2, 0.25) is 5.02 Å². The van der Waals surface area contributed by atoms with E-state index in [1.807, 2.05) is 36.9 Å². The summed E-state index contributed by atoms with van der Waals surface area (Å²) < 4.78 is 7.12. The van der Waals surface area contributed by atoms with Crippen LogP contribution in [0.25, 0.3) is 5.69 Å². The molecular weight excluding hydrogens is 302 g/mol. The highest BCUT2D eigenvalue weighted by Gasteiger charge is 2.35. The van der Waals surface area contributed by atoms with Crippen molar-refractivity contribution in [1.82, 2.24) is 14.7 Å². The molecule has 0 saturated carbocycles. The monoisotopic (exact) mass is 319 g/mol. The lowest BCUT2D eigenvalue weighted by Crippen LogP contribution is -2.55. The van der Waals surface area contributed by atoms with Gasteiger partial charge in [0.15, 0.2) is 0 Å². The van der Waals surface area contributed by atoms with Gasteiger partial charge < -0.3 is 9.64 Å². The van der Waals surface area contributed by atoms with Gasteiger partial charge in [0.25, 0.3) is 5.91 Å². The van der Waals surface area contributed by atoms with Crippen molar-refractivity contribution in [3.63, 3.8) is 0 Å². The first-order chi connectivity index (χ1) is 10.5. The Balaban J connectivity index is 1.86. The number of morpholine rings is 1. The minimum atomic E-state index is -0.312. The lowest BCUT2D eigenvalue weighted by Gasteiger charge is -2.41. The predicted molar refractivity (Wildman–Crippen MR) is 84.5 cm³/mol. The van der Waals surface area contributed by atoms with E-state index in [1.54, 1.807) is 23.1 Å². The third-order valence-electron chi connectivity index (χ3n) is 3.79. The quantitative estimate of drug-likeness (QED) is 0.855. The first-order valence-electron chi connectivity index (χ1n) is 7.18. The van der Waals surface area contributed by atoms with Crippen LogP contribution in [0, 0.1) is 0 Å². The predicted octanol–water partition coefficient (Wildman–Crippen LogP) is 2.78. The minimum Gasteiger partial charge on any atom is -0.377 e. The number of benzene rings is 1. The smallest absolute Gasteiger partial charge is 0.257 e. The normalized spacial score (nSPS) is 17.5. The summed E-state index contributed by atoms with van der Waals surface area (Å²) in [4.78, 5) is 14.6. The average Bonchev–Trinajstić information content (AvgIpc) is 2.96. The highest BCUT2D eigenvalue weighted by molar-refractivity contribution is 6.30. The SMILES string of the molecule is CC1(C)COCCN1C(=O)c1cnn(-c2cccc(Cl)c2)c1. The van der Waals surface area contributed by atoms with E-state index in [2.05, 4.69) is 5.10 Å². The molecule has 116 valence electrons. The first-order valence-corrected chi connectivity index (χ1v) is 7.55. The van der Waals surface area contributed by atoms with Crippen LogP contribution in [-0.4, -0.2) is 45.9 Å². The summed E-state index contributed by atoms with van der Waals surface area (Å²) in [6.07, 6.45) is 3.33. The molecule has 3 rings (SSSR count). The van der Waals surface area contributed by atoms with Gasteiger partial charge in [-0.05, 0) is 32.0 Å². The lowest BCUT2D eigenvalue weighted by atomic mass is 10.0. The molecule has 2 aromatic rings. The highest BCUT2D eigenvalue weighted by Crippen LogP contribution is 2.22. The van der Waals surface area contributed by atoms with Gasteiger partial charge in [-0.25, -0.2) is 4.68 Å². The summed E-state index contributed by atoms with van der Waals surface area (Å²) in [6.45, 7) is 5.71. The Hall–Kier alpha value is -1.85. The number of ether oxygens (including phenoxy) is 1. The van der Waals surface area contributed by atoms with Crippen molar-refractivity contribution < 1.29 is 9.53 Å². The summed E-state index contributed by atoms with van der Waals surface area (Å²) >= 11 is 5.99. The van der Waals surface area contributed by atoms with E-state index in [-0.39, 0.29) is 11.4 Å². The molecule has 1 aliphatic heterocycles. The van der Waals surface area contributed by atoms with Crippen LogP contribution in [0.4, 0.5) is 0 Å². The molecule has 6 heteroatoms. The molecule has 0 aliphatic carbocycles. The molecule has 1 aromatic carbocycles. The fourth-order valence-corrected chi connectivity index (χ4v) is 2.77. The molecule has 0 spiro atoms. The van der Waals surface area contributed by atoms with Crippen LogP contribution in [0.3, 0.4) is 0 Å². The zero-order valence-electron chi connectivity index (χ0n) is 12.6. The van der Waals surface area contributed by atoms with Crippen molar-refractivity contribution in [2.24, 2.45) is 0 Å². The number of amides is 1. The van der Waals surface area contributed by atoms with Crippen molar-refractivity contribution in [3.8, 4) is 5.69 Å². The van der Waals surface area contributed by atoms with Gasteiger partial charge >= 0.3 is 0 Å². The Kier molecular flexibility index (Phi) is 3.93. The van der Waals surface area contributed by atoms with Gasteiger partial charge in [-0.3, -0.25) is 4.79 Å². The number of hydrogen-bond donors (Lipinski definition) is 0. The molecule has 5 nitrogen and oxygen atoms in total. The molecule has 1 aromatic heterocycles. The van der Waals surface area contributed by atoms with E-state index in [9.17, 15) is 4.79 Å². The summed E-state index contributed by atoms with van der Waals surface area (Å²) in [5.74, 6) is -0.0263. The second-order valence-electron chi connectivity index (χ2n) is 5.98. The Bertz CT molecular complexity index is 696. The summed E-state index contributed by atoms with van der Waals surface area (Å²) in [5.41, 5.74) is 1.08. The zero-order valence-corrected chi connectivity index (χ0v) is 13.4. The maximum atomic E-state index is 12.7. The summed E-state index contributed by atoms with van der Waals surface area (Å²) in [6, 6.07) is 7.36. The fourth-order valence-electron chi connectivity index (χ4n) is 2.58. The van der Waals surface area contributed by atoms with E-state index in [4.69, 9.17) is 16.3 Å². The Labute approximate surface area is 134 Å². The number of halogens is 1. The number of carbonyl (C=O) groups is 1. The molecule has 22 heavy (non-hydrogen) atoms. The standard InChI is InChI=1S/C16H18ClN3O2/c1-16(2)11-22-7-6-19(16)15(21)12-9-18-20(10-12)14-5-3-4-13(17)8-14/h3-5,8-10H,6-7,11H2,1-2H3. The lowest BCUT2D eigenvalue weighted by molar-refractivity contribution is -0.0370. The third-order valence-corrected chi connectivity index (χ3v) is 4.03. The number of aromatic nitrogens is 2. The molecule has 1 amide bonds. The fraction of sp³-hybridized carbons (Fsp3) is 0.375. The van der Waals surface area contributed by atoms with E-state index >= 15 is 0 Å². The minimum absolute atomic E-state index is 0.0263. The van der Waals surface area contributed by atoms with Gasteiger partial charge in [-0.1, -0.05) is 17.7 Å². The molecule has 1 fully saturated rings. The van der Waals surface area contributed by atoms with Crippen molar-refractivity contribution in [1.29, 1.82) is 0 Å². The maximum absolute atomic E-state index is 12.7. The topological polar surface area (TPSA) is 47.4 Å². The molecule has 1 aliphatic rings. The van der Waals surface area contributed by atoms with Gasteiger partial charge in [0.1, 0.15) is 0 Å². The first kappa shape index (κ1) is 15.1. The second kappa shape index (κ2) is 5.74. The molecule has 1 saturated heterocycles. The number of rotatable bonds is 2. The molecule has 2 heterocycles. The zero-order chi connectivity index (χ0) is 15.7. The second-order valence-corrected chi connectivity index (χ2v) is 6.41. The van der Waals surface area contributed by atoms with Gasteiger partial charge in [-0.15, -0.1) is 0 Å². The Morgan fingerprint density at radius 2 is 2.23 bits per heavy atom. The summed E-state index contributed by atoms with van der Waals surface area (Å²) in [5, 5.41) is 4.90. The Morgan fingerprint density at radius 1 is 1.41 bits per heavy atom. The van der Waals surface area contributed by atoms with Crippen LogP contribution in [0.5, 0.6) is 0 Å². The van der Waals surface area contributed by atoms with Crippen LogP contribution >= 0.6 is 11.6 Å².